The van der Waals surface area contributed by atoms with Gasteiger partial charge in [0.2, 0.25) is 5.91 Å². The Morgan fingerprint density at radius 1 is 0.792 bits per heavy atom. The number of amides is 1. The molecule has 2 aromatic rings. The zero-order valence-electron chi connectivity index (χ0n) is 14.6. The van der Waals surface area contributed by atoms with Gasteiger partial charge >= 0.3 is 0 Å². The molecule has 0 bridgehead atoms. The highest BCUT2D eigenvalue weighted by molar-refractivity contribution is 5.87. The van der Waals surface area contributed by atoms with Gasteiger partial charge in [0.25, 0.3) is 0 Å². The number of benzene rings is 2. The fourth-order valence-corrected chi connectivity index (χ4v) is 3.41. The van der Waals surface area contributed by atoms with Gasteiger partial charge in [-0.2, -0.15) is 0 Å². The Morgan fingerprint density at radius 2 is 1.25 bits per heavy atom. The smallest absolute Gasteiger partial charge is 0.234 e. The molecule has 1 saturated heterocycles. The minimum atomic E-state index is -0.210. The maximum absolute atomic E-state index is 13.3. The first-order valence-electron chi connectivity index (χ1n) is 8.79. The van der Waals surface area contributed by atoms with Gasteiger partial charge in [-0.3, -0.25) is 9.69 Å². The van der Waals surface area contributed by atoms with Crippen LogP contribution in [0.15, 0.2) is 60.7 Å². The van der Waals surface area contributed by atoms with Crippen molar-refractivity contribution < 1.29 is 4.79 Å². The standard InChI is InChI=1S/C21H26N2O/c1-17(2)22-13-15-23(16-14-22)21(24)20(18-9-5-3-6-10-18)19-11-7-4-8-12-19/h3-12,17,20H,13-16H2,1-2H3. The Bertz CT molecular complexity index is 607. The van der Waals surface area contributed by atoms with Gasteiger partial charge in [-0.1, -0.05) is 60.7 Å². The van der Waals surface area contributed by atoms with E-state index >= 15 is 0 Å². The van der Waals surface area contributed by atoms with Crippen molar-refractivity contribution in [3.05, 3.63) is 71.8 Å². The Morgan fingerprint density at radius 3 is 1.67 bits per heavy atom. The second-order valence-corrected chi connectivity index (χ2v) is 6.71. The summed E-state index contributed by atoms with van der Waals surface area (Å²) < 4.78 is 0. The van der Waals surface area contributed by atoms with Crippen LogP contribution in [0.1, 0.15) is 30.9 Å². The highest BCUT2D eigenvalue weighted by atomic mass is 16.2. The summed E-state index contributed by atoms with van der Waals surface area (Å²) in [5.74, 6) is 0.00815. The summed E-state index contributed by atoms with van der Waals surface area (Å²) >= 11 is 0. The SMILES string of the molecule is CC(C)N1CCN(C(=O)C(c2ccccc2)c2ccccc2)CC1. The molecule has 0 aromatic heterocycles. The molecule has 126 valence electrons. The summed E-state index contributed by atoms with van der Waals surface area (Å²) in [6.45, 7) is 7.97. The van der Waals surface area contributed by atoms with Crippen LogP contribution in [0.2, 0.25) is 0 Å². The molecular weight excluding hydrogens is 296 g/mol. The first kappa shape index (κ1) is 16.7. The normalized spacial score (nSPS) is 15.9. The number of nitrogens with zero attached hydrogens (tertiary/aromatic N) is 2. The fourth-order valence-electron chi connectivity index (χ4n) is 3.41. The van der Waals surface area contributed by atoms with Crippen molar-refractivity contribution in [2.75, 3.05) is 26.2 Å². The number of carbonyl (C=O) groups is 1. The van der Waals surface area contributed by atoms with Crippen LogP contribution in [0.3, 0.4) is 0 Å². The predicted octanol–water partition coefficient (Wildman–Crippen LogP) is 3.37. The van der Waals surface area contributed by atoms with Crippen molar-refractivity contribution in [2.45, 2.75) is 25.8 Å². The van der Waals surface area contributed by atoms with Crippen molar-refractivity contribution in [2.24, 2.45) is 0 Å². The Balaban J connectivity index is 1.83. The Hall–Kier alpha value is -2.13. The molecule has 1 amide bonds. The third-order valence-electron chi connectivity index (χ3n) is 4.87. The molecule has 0 N–H and O–H groups in total. The van der Waals surface area contributed by atoms with E-state index < -0.39 is 0 Å². The number of rotatable bonds is 4. The third kappa shape index (κ3) is 3.68. The highest BCUT2D eigenvalue weighted by Gasteiger charge is 2.30. The van der Waals surface area contributed by atoms with E-state index in [2.05, 4.69) is 43.0 Å². The molecular formula is C21H26N2O. The van der Waals surface area contributed by atoms with Crippen LogP contribution in [-0.2, 0) is 4.79 Å². The molecule has 0 aliphatic carbocycles. The van der Waals surface area contributed by atoms with Crippen LogP contribution in [-0.4, -0.2) is 47.9 Å². The van der Waals surface area contributed by atoms with Crippen molar-refractivity contribution in [1.82, 2.24) is 9.80 Å². The highest BCUT2D eigenvalue weighted by Crippen LogP contribution is 2.27. The second-order valence-electron chi connectivity index (χ2n) is 6.71. The molecule has 3 rings (SSSR count). The summed E-state index contributed by atoms with van der Waals surface area (Å²) in [6.07, 6.45) is 0. The maximum Gasteiger partial charge on any atom is 0.234 e. The predicted molar refractivity (Wildman–Crippen MR) is 98.0 cm³/mol. The van der Waals surface area contributed by atoms with Gasteiger partial charge in [-0.15, -0.1) is 0 Å². The van der Waals surface area contributed by atoms with Crippen LogP contribution in [0.4, 0.5) is 0 Å². The van der Waals surface area contributed by atoms with E-state index in [1.807, 2.05) is 41.3 Å². The van der Waals surface area contributed by atoms with Gasteiger partial charge in [0.1, 0.15) is 0 Å². The quantitative estimate of drug-likeness (QED) is 0.861. The van der Waals surface area contributed by atoms with Crippen molar-refractivity contribution in [3.63, 3.8) is 0 Å². The zero-order valence-corrected chi connectivity index (χ0v) is 14.6. The van der Waals surface area contributed by atoms with Gasteiger partial charge in [0.15, 0.2) is 0 Å². The molecule has 24 heavy (non-hydrogen) atoms. The van der Waals surface area contributed by atoms with Crippen LogP contribution >= 0.6 is 0 Å². The zero-order chi connectivity index (χ0) is 16.9. The van der Waals surface area contributed by atoms with Crippen LogP contribution < -0.4 is 0 Å². The maximum atomic E-state index is 13.3. The molecule has 1 heterocycles. The van der Waals surface area contributed by atoms with Gasteiger partial charge in [0, 0.05) is 32.2 Å². The first-order chi connectivity index (χ1) is 11.7. The monoisotopic (exact) mass is 322 g/mol. The topological polar surface area (TPSA) is 23.6 Å². The van der Waals surface area contributed by atoms with E-state index in [1.54, 1.807) is 0 Å². The second kappa shape index (κ2) is 7.63. The Labute approximate surface area is 144 Å². The molecule has 0 atom stereocenters. The molecule has 1 aliphatic rings. The van der Waals surface area contributed by atoms with Crippen molar-refractivity contribution in [3.8, 4) is 0 Å². The van der Waals surface area contributed by atoms with E-state index in [1.165, 1.54) is 0 Å². The van der Waals surface area contributed by atoms with Gasteiger partial charge < -0.3 is 4.90 Å². The third-order valence-corrected chi connectivity index (χ3v) is 4.87. The molecule has 0 spiro atoms. The van der Waals surface area contributed by atoms with Gasteiger partial charge in [0.05, 0.1) is 5.92 Å². The minimum Gasteiger partial charge on any atom is -0.339 e. The molecule has 1 fully saturated rings. The number of hydrogen-bond acceptors (Lipinski definition) is 2. The molecule has 0 radical (unpaired) electrons. The fraction of sp³-hybridized carbons (Fsp3) is 0.381. The van der Waals surface area contributed by atoms with E-state index in [4.69, 9.17) is 0 Å². The van der Waals surface area contributed by atoms with E-state index in [0.29, 0.717) is 6.04 Å². The lowest BCUT2D eigenvalue weighted by Crippen LogP contribution is -2.51. The first-order valence-corrected chi connectivity index (χ1v) is 8.79. The average molecular weight is 322 g/mol. The molecule has 0 saturated carbocycles. The summed E-state index contributed by atoms with van der Waals surface area (Å²) in [5, 5.41) is 0. The number of piperazine rings is 1. The molecule has 0 unspecified atom stereocenters. The molecule has 3 nitrogen and oxygen atoms in total. The number of carbonyl (C=O) groups excluding carboxylic acids is 1. The average Bonchev–Trinajstić information content (AvgIpc) is 2.64. The van der Waals surface area contributed by atoms with Gasteiger partial charge in [-0.05, 0) is 25.0 Å². The summed E-state index contributed by atoms with van der Waals surface area (Å²) in [5.41, 5.74) is 2.14. The lowest BCUT2D eigenvalue weighted by atomic mass is 9.90. The molecule has 3 heteroatoms. The van der Waals surface area contributed by atoms with Crippen LogP contribution in [0.25, 0.3) is 0 Å². The molecule has 1 aliphatic heterocycles. The lowest BCUT2D eigenvalue weighted by molar-refractivity contribution is -0.133. The van der Waals surface area contributed by atoms with Gasteiger partial charge in [-0.25, -0.2) is 0 Å². The number of hydrogen-bond donors (Lipinski definition) is 0. The largest absolute Gasteiger partial charge is 0.339 e. The Kier molecular flexibility index (Phi) is 5.31. The summed E-state index contributed by atoms with van der Waals surface area (Å²) in [6, 6.07) is 20.8. The van der Waals surface area contributed by atoms with Crippen molar-refractivity contribution in [1.29, 1.82) is 0 Å². The minimum absolute atomic E-state index is 0.210. The molecule has 2 aromatic carbocycles. The summed E-state index contributed by atoms with van der Waals surface area (Å²) in [4.78, 5) is 17.7. The summed E-state index contributed by atoms with van der Waals surface area (Å²) in [7, 11) is 0. The van der Waals surface area contributed by atoms with Crippen LogP contribution in [0, 0.1) is 0 Å². The van der Waals surface area contributed by atoms with Crippen LogP contribution in [0.5, 0.6) is 0 Å². The van der Waals surface area contributed by atoms with E-state index in [0.717, 1.165) is 37.3 Å². The van der Waals surface area contributed by atoms with E-state index in [-0.39, 0.29) is 11.8 Å². The lowest BCUT2D eigenvalue weighted by Gasteiger charge is -2.38. The van der Waals surface area contributed by atoms with E-state index in [9.17, 15) is 4.79 Å². The van der Waals surface area contributed by atoms with Crippen molar-refractivity contribution >= 4 is 5.91 Å².